The van der Waals surface area contributed by atoms with Crippen LogP contribution in [0.5, 0.6) is 0 Å². The zero-order valence-corrected chi connectivity index (χ0v) is 18.7. The van der Waals surface area contributed by atoms with Crippen LogP contribution in [0.4, 0.5) is 11.4 Å². The van der Waals surface area contributed by atoms with Gasteiger partial charge in [0.05, 0.1) is 11.6 Å². The summed E-state index contributed by atoms with van der Waals surface area (Å²) >= 11 is 0. The molecule has 6 nitrogen and oxygen atoms in total. The van der Waals surface area contributed by atoms with Crippen molar-refractivity contribution in [1.82, 2.24) is 4.90 Å². The van der Waals surface area contributed by atoms with Crippen LogP contribution in [0.25, 0.3) is 0 Å². The second-order valence-electron chi connectivity index (χ2n) is 9.26. The lowest BCUT2D eigenvalue weighted by Crippen LogP contribution is -2.47. The molecular weight excluding hydrogens is 402 g/mol. The Morgan fingerprint density at radius 1 is 1.06 bits per heavy atom. The number of fused-ring (bicyclic) bond motifs is 1. The largest absolute Gasteiger partial charge is 0.457 e. The summed E-state index contributed by atoms with van der Waals surface area (Å²) < 4.78 is 5.16. The summed E-state index contributed by atoms with van der Waals surface area (Å²) in [5, 5.41) is 0. The van der Waals surface area contributed by atoms with Gasteiger partial charge in [-0.15, -0.1) is 0 Å². The fourth-order valence-corrected chi connectivity index (χ4v) is 5.41. The van der Waals surface area contributed by atoms with E-state index in [2.05, 4.69) is 46.0 Å². The Kier molecular flexibility index (Phi) is 5.87. The van der Waals surface area contributed by atoms with E-state index in [1.54, 1.807) is 0 Å². The van der Waals surface area contributed by atoms with E-state index in [4.69, 9.17) is 4.74 Å². The smallest absolute Gasteiger partial charge is 0.338 e. The maximum absolute atomic E-state index is 12.3. The second-order valence-corrected chi connectivity index (χ2v) is 9.26. The molecule has 3 heterocycles. The molecule has 0 N–H and O–H groups in total. The SMILES string of the molecule is CN1CCN(c2ccccc2CC2CCCN(c3ccc4c(c3)C(=O)OC4)C2C=O)CC1. The van der Waals surface area contributed by atoms with Crippen LogP contribution >= 0.6 is 0 Å². The lowest BCUT2D eigenvalue weighted by Gasteiger charge is -2.41. The number of piperazine rings is 1. The minimum absolute atomic E-state index is 0.195. The molecule has 0 radical (unpaired) electrons. The molecule has 2 saturated heterocycles. The Balaban J connectivity index is 1.38. The highest BCUT2D eigenvalue weighted by Crippen LogP contribution is 2.34. The summed E-state index contributed by atoms with van der Waals surface area (Å²) in [6, 6.07) is 14.4. The third kappa shape index (κ3) is 3.99. The fourth-order valence-electron chi connectivity index (χ4n) is 5.41. The van der Waals surface area contributed by atoms with E-state index in [9.17, 15) is 9.59 Å². The molecule has 2 aromatic carbocycles. The summed E-state index contributed by atoms with van der Waals surface area (Å²) in [6.45, 7) is 5.39. The highest BCUT2D eigenvalue weighted by molar-refractivity contribution is 5.94. The molecular formula is C26H31N3O3. The number of nitrogens with zero attached hydrogens (tertiary/aromatic N) is 3. The van der Waals surface area contributed by atoms with Crippen LogP contribution in [0.1, 0.15) is 34.3 Å². The third-order valence-corrected chi connectivity index (χ3v) is 7.28. The molecule has 0 aliphatic carbocycles. The lowest BCUT2D eigenvalue weighted by molar-refractivity contribution is -0.110. The number of carbonyl (C=O) groups excluding carboxylic acids is 2. The molecule has 168 valence electrons. The number of cyclic esters (lactones) is 1. The topological polar surface area (TPSA) is 53.1 Å². The fraction of sp³-hybridized carbons (Fsp3) is 0.462. The van der Waals surface area contributed by atoms with Gasteiger partial charge in [-0.05, 0) is 56.0 Å². The van der Waals surface area contributed by atoms with Gasteiger partial charge in [0.1, 0.15) is 12.9 Å². The van der Waals surface area contributed by atoms with Crippen LogP contribution in [-0.4, -0.2) is 63.0 Å². The summed E-state index contributed by atoms with van der Waals surface area (Å²) in [6.07, 6.45) is 4.06. The summed E-state index contributed by atoms with van der Waals surface area (Å²) in [5.74, 6) is -0.0192. The maximum atomic E-state index is 12.3. The van der Waals surface area contributed by atoms with Crippen LogP contribution in [0.15, 0.2) is 42.5 Å². The first kappa shape index (κ1) is 21.0. The van der Waals surface area contributed by atoms with Gasteiger partial charge in [0.2, 0.25) is 0 Å². The van der Waals surface area contributed by atoms with Gasteiger partial charge >= 0.3 is 5.97 Å². The number of hydrogen-bond acceptors (Lipinski definition) is 6. The minimum Gasteiger partial charge on any atom is -0.457 e. The van der Waals surface area contributed by atoms with E-state index in [0.717, 1.165) is 69.5 Å². The van der Waals surface area contributed by atoms with Crippen LogP contribution in [0.2, 0.25) is 0 Å². The first-order valence-electron chi connectivity index (χ1n) is 11.7. The zero-order chi connectivity index (χ0) is 22.1. The molecule has 3 aliphatic rings. The standard InChI is InChI=1S/C26H31N3O3/c1-27-11-13-28(14-12-27)24-7-3-2-5-19(24)15-20-6-4-10-29(25(20)17-30)22-9-8-21-18-32-26(31)23(21)16-22/h2-3,5,7-9,16-17,20,25H,4,6,10-15,18H2,1H3. The highest BCUT2D eigenvalue weighted by atomic mass is 16.5. The molecule has 0 aromatic heterocycles. The van der Waals surface area contributed by atoms with Gasteiger partial charge in [0, 0.05) is 49.7 Å². The molecule has 2 unspecified atom stereocenters. The third-order valence-electron chi connectivity index (χ3n) is 7.28. The number of benzene rings is 2. The summed E-state index contributed by atoms with van der Waals surface area (Å²) in [7, 11) is 2.17. The minimum atomic E-state index is -0.265. The summed E-state index contributed by atoms with van der Waals surface area (Å²) in [5.41, 5.74) is 5.14. The number of rotatable bonds is 5. The monoisotopic (exact) mass is 433 g/mol. The number of likely N-dealkylation sites (N-methyl/N-ethyl adjacent to an activating group) is 1. The van der Waals surface area contributed by atoms with Gasteiger partial charge in [-0.1, -0.05) is 24.3 Å². The molecule has 0 spiro atoms. The number of hydrogen-bond donors (Lipinski definition) is 0. The number of aldehydes is 1. The molecule has 2 fully saturated rings. The van der Waals surface area contributed by atoms with Gasteiger partial charge in [0.25, 0.3) is 0 Å². The van der Waals surface area contributed by atoms with Crippen LogP contribution in [-0.2, 0) is 22.6 Å². The van der Waals surface area contributed by atoms with E-state index < -0.39 is 0 Å². The van der Waals surface area contributed by atoms with Crippen LogP contribution < -0.4 is 9.80 Å². The van der Waals surface area contributed by atoms with Crippen LogP contribution in [0, 0.1) is 5.92 Å². The van der Waals surface area contributed by atoms with Gasteiger partial charge in [-0.2, -0.15) is 0 Å². The first-order valence-corrected chi connectivity index (χ1v) is 11.7. The van der Waals surface area contributed by atoms with Crippen molar-refractivity contribution in [3.05, 3.63) is 59.2 Å². The van der Waals surface area contributed by atoms with Gasteiger partial charge < -0.3 is 24.2 Å². The molecule has 0 amide bonds. The normalized spacial score (nSPS) is 23.7. The van der Waals surface area contributed by atoms with Gasteiger partial charge in [-0.3, -0.25) is 0 Å². The number of ether oxygens (including phenoxy) is 1. The number of para-hydroxylation sites is 1. The highest BCUT2D eigenvalue weighted by Gasteiger charge is 2.33. The molecule has 0 bridgehead atoms. The van der Waals surface area contributed by atoms with E-state index in [-0.39, 0.29) is 17.9 Å². The number of esters is 1. The number of piperidine rings is 1. The Bertz CT molecular complexity index is 1000. The molecule has 2 aromatic rings. The maximum Gasteiger partial charge on any atom is 0.338 e. The van der Waals surface area contributed by atoms with Crippen molar-refractivity contribution in [2.45, 2.75) is 31.9 Å². The molecule has 5 rings (SSSR count). The molecule has 0 saturated carbocycles. The van der Waals surface area contributed by atoms with Gasteiger partial charge in [-0.25, -0.2) is 4.79 Å². The van der Waals surface area contributed by atoms with Crippen molar-refractivity contribution in [3.8, 4) is 0 Å². The van der Waals surface area contributed by atoms with Crippen molar-refractivity contribution >= 4 is 23.6 Å². The first-order chi connectivity index (χ1) is 15.6. The molecule has 32 heavy (non-hydrogen) atoms. The van der Waals surface area contributed by atoms with Crippen molar-refractivity contribution < 1.29 is 14.3 Å². The quantitative estimate of drug-likeness (QED) is 0.534. The molecule has 3 aliphatic heterocycles. The lowest BCUT2D eigenvalue weighted by atomic mass is 9.84. The average molecular weight is 434 g/mol. The van der Waals surface area contributed by atoms with Crippen molar-refractivity contribution in [1.29, 1.82) is 0 Å². The summed E-state index contributed by atoms with van der Waals surface area (Å²) in [4.78, 5) is 31.4. The predicted octanol–water partition coefficient (Wildman–Crippen LogP) is 3.14. The second kappa shape index (κ2) is 8.94. The van der Waals surface area contributed by atoms with Crippen molar-refractivity contribution in [2.24, 2.45) is 5.92 Å². The Morgan fingerprint density at radius 2 is 1.88 bits per heavy atom. The average Bonchev–Trinajstić information content (AvgIpc) is 3.20. The van der Waals surface area contributed by atoms with Gasteiger partial charge in [0.15, 0.2) is 0 Å². The van der Waals surface area contributed by atoms with Crippen molar-refractivity contribution in [2.75, 3.05) is 49.6 Å². The Morgan fingerprint density at radius 3 is 2.69 bits per heavy atom. The number of carbonyl (C=O) groups is 2. The van der Waals surface area contributed by atoms with Crippen molar-refractivity contribution in [3.63, 3.8) is 0 Å². The number of anilines is 2. The van der Waals surface area contributed by atoms with Crippen LogP contribution in [0.3, 0.4) is 0 Å². The Labute approximate surface area is 189 Å². The van der Waals surface area contributed by atoms with E-state index >= 15 is 0 Å². The Hall–Kier alpha value is -2.86. The predicted molar refractivity (Wildman–Crippen MR) is 125 cm³/mol. The zero-order valence-electron chi connectivity index (χ0n) is 18.7. The van der Waals surface area contributed by atoms with E-state index in [0.29, 0.717) is 12.2 Å². The van der Waals surface area contributed by atoms with E-state index in [1.807, 2.05) is 18.2 Å². The molecule has 2 atom stereocenters. The molecule has 6 heteroatoms. The van der Waals surface area contributed by atoms with E-state index in [1.165, 1.54) is 11.3 Å².